The van der Waals surface area contributed by atoms with Crippen LogP contribution in [0.3, 0.4) is 0 Å². The van der Waals surface area contributed by atoms with E-state index in [1.165, 1.54) is 17.4 Å². The number of carbonyl (C=O) groups excluding carboxylic acids is 1. The summed E-state index contributed by atoms with van der Waals surface area (Å²) in [6.07, 6.45) is 1.20. The lowest BCUT2D eigenvalue weighted by atomic mass is 10.1. The van der Waals surface area contributed by atoms with Gasteiger partial charge < -0.3 is 0 Å². The molecule has 0 bridgehead atoms. The van der Waals surface area contributed by atoms with Crippen molar-refractivity contribution >= 4 is 23.3 Å². The summed E-state index contributed by atoms with van der Waals surface area (Å²) in [5.41, 5.74) is 1.33. The number of nitrogens with zero attached hydrogens (tertiary/aromatic N) is 1. The Kier molecular flexibility index (Phi) is 3.30. The van der Waals surface area contributed by atoms with Crippen molar-refractivity contribution in [3.8, 4) is 0 Å². The second kappa shape index (κ2) is 4.88. The van der Waals surface area contributed by atoms with Gasteiger partial charge in [-0.1, -0.05) is 18.2 Å². The molecular formula is C12H9NO3S. The maximum absolute atomic E-state index is 10.8. The summed E-state index contributed by atoms with van der Waals surface area (Å²) in [7, 11) is 0. The van der Waals surface area contributed by atoms with Crippen molar-refractivity contribution in [2.75, 3.05) is 0 Å². The van der Waals surface area contributed by atoms with Gasteiger partial charge in [-0.05, 0) is 11.4 Å². The zero-order chi connectivity index (χ0) is 12.3. The van der Waals surface area contributed by atoms with Gasteiger partial charge in [-0.25, -0.2) is 0 Å². The molecule has 1 aromatic heterocycles. The van der Waals surface area contributed by atoms with Crippen molar-refractivity contribution < 1.29 is 9.72 Å². The molecule has 2 aromatic rings. The number of carbonyl (C=O) groups is 1. The second-order valence-corrected chi connectivity index (χ2v) is 4.48. The third-order valence-electron chi connectivity index (χ3n) is 2.45. The van der Waals surface area contributed by atoms with Crippen molar-refractivity contribution in [3.63, 3.8) is 0 Å². The van der Waals surface area contributed by atoms with Crippen LogP contribution in [0.5, 0.6) is 0 Å². The van der Waals surface area contributed by atoms with Crippen LogP contribution in [-0.2, 0) is 6.42 Å². The van der Waals surface area contributed by atoms with Crippen LogP contribution in [0.15, 0.2) is 35.7 Å². The Balaban J connectivity index is 2.36. The summed E-state index contributed by atoms with van der Waals surface area (Å²) in [5, 5.41) is 12.7. The lowest BCUT2D eigenvalue weighted by molar-refractivity contribution is -0.385. The van der Waals surface area contributed by atoms with E-state index in [1.807, 2.05) is 5.38 Å². The highest BCUT2D eigenvalue weighted by atomic mass is 32.1. The highest BCUT2D eigenvalue weighted by molar-refractivity contribution is 7.10. The molecule has 4 nitrogen and oxygen atoms in total. The van der Waals surface area contributed by atoms with Crippen LogP contribution in [0, 0.1) is 10.1 Å². The number of aldehydes is 1. The van der Waals surface area contributed by atoms with Crippen molar-refractivity contribution in [2.24, 2.45) is 0 Å². The second-order valence-electron chi connectivity index (χ2n) is 3.48. The number of thiophene rings is 1. The average Bonchev–Trinajstić information content (AvgIpc) is 2.77. The van der Waals surface area contributed by atoms with E-state index >= 15 is 0 Å². The molecule has 0 atom stereocenters. The molecule has 17 heavy (non-hydrogen) atoms. The molecule has 0 saturated heterocycles. The summed E-state index contributed by atoms with van der Waals surface area (Å²) < 4.78 is 0. The number of nitro groups is 1. The molecule has 0 saturated carbocycles. The summed E-state index contributed by atoms with van der Waals surface area (Å²) in [6, 6.07) is 8.31. The monoisotopic (exact) mass is 247 g/mol. The van der Waals surface area contributed by atoms with E-state index in [9.17, 15) is 14.9 Å². The van der Waals surface area contributed by atoms with Crippen LogP contribution >= 0.6 is 11.3 Å². The quantitative estimate of drug-likeness (QED) is 0.474. The van der Waals surface area contributed by atoms with Gasteiger partial charge >= 0.3 is 0 Å². The van der Waals surface area contributed by atoms with Gasteiger partial charge in [0.15, 0.2) is 6.29 Å². The summed E-state index contributed by atoms with van der Waals surface area (Å²) in [6.45, 7) is 0. The molecule has 1 aromatic carbocycles. The lowest BCUT2D eigenvalue weighted by Crippen LogP contribution is -1.96. The highest BCUT2D eigenvalue weighted by Gasteiger charge is 2.14. The van der Waals surface area contributed by atoms with Crippen molar-refractivity contribution in [3.05, 3.63) is 61.8 Å². The van der Waals surface area contributed by atoms with E-state index in [0.29, 0.717) is 17.5 Å². The fourth-order valence-electron chi connectivity index (χ4n) is 1.61. The van der Waals surface area contributed by atoms with Crippen LogP contribution in [0.2, 0.25) is 0 Å². The topological polar surface area (TPSA) is 60.2 Å². The van der Waals surface area contributed by atoms with Gasteiger partial charge in [-0.15, -0.1) is 11.3 Å². The maximum Gasteiger partial charge on any atom is 0.272 e. The van der Waals surface area contributed by atoms with Gasteiger partial charge in [0.1, 0.15) is 0 Å². The molecule has 0 aliphatic heterocycles. The molecule has 0 amide bonds. The van der Waals surface area contributed by atoms with Crippen LogP contribution < -0.4 is 0 Å². The number of rotatable bonds is 4. The fourth-order valence-corrected chi connectivity index (χ4v) is 2.48. The van der Waals surface area contributed by atoms with Crippen molar-refractivity contribution in [2.45, 2.75) is 6.42 Å². The van der Waals surface area contributed by atoms with E-state index in [0.717, 1.165) is 11.2 Å². The molecule has 0 aliphatic rings. The van der Waals surface area contributed by atoms with E-state index < -0.39 is 4.92 Å². The number of nitro benzene ring substituents is 1. The number of hydrogen-bond acceptors (Lipinski definition) is 4. The Hall–Kier alpha value is -2.01. The SMILES string of the molecule is O=Cc1ccsc1Cc1ccccc1[N+](=O)[O-]. The predicted molar refractivity (Wildman–Crippen MR) is 65.6 cm³/mol. The first-order valence-electron chi connectivity index (χ1n) is 4.96. The minimum absolute atomic E-state index is 0.0951. The molecule has 0 spiro atoms. The smallest absolute Gasteiger partial charge is 0.272 e. The van der Waals surface area contributed by atoms with Gasteiger partial charge in [0.05, 0.1) is 4.92 Å². The Morgan fingerprint density at radius 3 is 2.76 bits per heavy atom. The molecular weight excluding hydrogens is 238 g/mol. The zero-order valence-electron chi connectivity index (χ0n) is 8.83. The summed E-state index contributed by atoms with van der Waals surface area (Å²) in [5.74, 6) is 0. The van der Waals surface area contributed by atoms with Crippen molar-refractivity contribution in [1.29, 1.82) is 0 Å². The molecule has 86 valence electrons. The average molecular weight is 247 g/mol. The third-order valence-corrected chi connectivity index (χ3v) is 3.38. The van der Waals surface area contributed by atoms with Gasteiger partial charge in [0, 0.05) is 28.5 Å². The van der Waals surface area contributed by atoms with E-state index in [2.05, 4.69) is 0 Å². The Bertz CT molecular complexity index is 562. The molecule has 1 heterocycles. The Morgan fingerprint density at radius 2 is 2.06 bits per heavy atom. The Morgan fingerprint density at radius 1 is 1.29 bits per heavy atom. The van der Waals surface area contributed by atoms with Gasteiger partial charge in [-0.2, -0.15) is 0 Å². The van der Waals surface area contributed by atoms with Crippen LogP contribution in [-0.4, -0.2) is 11.2 Å². The molecule has 0 radical (unpaired) electrons. The lowest BCUT2D eigenvalue weighted by Gasteiger charge is -2.01. The molecule has 0 fully saturated rings. The minimum Gasteiger partial charge on any atom is -0.298 e. The maximum atomic E-state index is 10.8. The van der Waals surface area contributed by atoms with Crippen molar-refractivity contribution in [1.82, 2.24) is 0 Å². The summed E-state index contributed by atoms with van der Waals surface area (Å²) >= 11 is 1.44. The number of benzene rings is 1. The van der Waals surface area contributed by atoms with Crippen LogP contribution in [0.25, 0.3) is 0 Å². The Labute approximate surface area is 102 Å². The predicted octanol–water partition coefficient (Wildman–Crippen LogP) is 3.06. The first kappa shape index (κ1) is 11.5. The number of para-hydroxylation sites is 1. The molecule has 0 aliphatic carbocycles. The van der Waals surface area contributed by atoms with E-state index in [1.54, 1.807) is 24.3 Å². The van der Waals surface area contributed by atoms with Gasteiger partial charge in [-0.3, -0.25) is 14.9 Å². The van der Waals surface area contributed by atoms with Gasteiger partial charge in [0.25, 0.3) is 5.69 Å². The van der Waals surface area contributed by atoms with Crippen LogP contribution in [0.4, 0.5) is 5.69 Å². The standard InChI is InChI=1S/C12H9NO3S/c14-8-10-5-6-17-12(10)7-9-3-1-2-4-11(9)13(15)16/h1-6,8H,7H2. The normalized spacial score (nSPS) is 10.1. The molecule has 5 heteroatoms. The zero-order valence-corrected chi connectivity index (χ0v) is 9.65. The molecule has 2 rings (SSSR count). The highest BCUT2D eigenvalue weighted by Crippen LogP contribution is 2.25. The fraction of sp³-hybridized carbons (Fsp3) is 0.0833. The largest absolute Gasteiger partial charge is 0.298 e. The number of hydrogen-bond donors (Lipinski definition) is 0. The molecule has 0 unspecified atom stereocenters. The first-order chi connectivity index (χ1) is 8.22. The minimum atomic E-state index is -0.399. The summed E-state index contributed by atoms with van der Waals surface area (Å²) in [4.78, 5) is 22.1. The molecule has 0 N–H and O–H groups in total. The van der Waals surface area contributed by atoms with E-state index in [4.69, 9.17) is 0 Å². The van der Waals surface area contributed by atoms with Crippen LogP contribution in [0.1, 0.15) is 20.8 Å². The third kappa shape index (κ3) is 2.39. The van der Waals surface area contributed by atoms with Gasteiger partial charge in [0.2, 0.25) is 0 Å². The van der Waals surface area contributed by atoms with E-state index in [-0.39, 0.29) is 5.69 Å². The first-order valence-corrected chi connectivity index (χ1v) is 5.84.